The van der Waals surface area contributed by atoms with E-state index in [1.54, 1.807) is 17.6 Å². The predicted octanol–water partition coefficient (Wildman–Crippen LogP) is 8.14. The first-order valence-electron chi connectivity index (χ1n) is 19.3. The van der Waals surface area contributed by atoms with Gasteiger partial charge < -0.3 is 10.4 Å². The zero-order valence-electron chi connectivity index (χ0n) is 30.4. The number of aromatic nitrogens is 1. The van der Waals surface area contributed by atoms with Gasteiger partial charge in [-0.1, -0.05) is 46.8 Å². The number of aryl methyl sites for hydroxylation is 1. The van der Waals surface area contributed by atoms with Crippen molar-refractivity contribution in [2.24, 2.45) is 57.2 Å². The molecule has 5 aliphatic rings. The maximum absolute atomic E-state index is 13.1. The van der Waals surface area contributed by atoms with Crippen molar-refractivity contribution in [1.29, 1.82) is 0 Å². The molecule has 0 bridgehead atoms. The van der Waals surface area contributed by atoms with Gasteiger partial charge in [0.05, 0.1) is 23.9 Å². The van der Waals surface area contributed by atoms with Crippen LogP contribution in [-0.4, -0.2) is 33.2 Å². The van der Waals surface area contributed by atoms with Crippen molar-refractivity contribution in [1.82, 2.24) is 15.8 Å². The molecule has 5 fully saturated rings. The molecule has 0 spiro atoms. The molecule has 0 radical (unpaired) electrons. The molecule has 2 aromatic rings. The highest BCUT2D eigenvalue weighted by Gasteiger charge is 2.66. The Bertz CT molecular complexity index is 1560. The van der Waals surface area contributed by atoms with Crippen molar-refractivity contribution < 1.29 is 19.9 Å². The topological polar surface area (TPSA) is 112 Å². The molecule has 4 N–H and O–H groups in total. The third kappa shape index (κ3) is 5.75. The largest absolute Gasteiger partial charge is 0.393 e. The average Bonchev–Trinajstić information content (AvgIpc) is 3.44. The Kier molecular flexibility index (Phi) is 9.04. The van der Waals surface area contributed by atoms with Crippen molar-refractivity contribution in [3.05, 3.63) is 65.0 Å². The van der Waals surface area contributed by atoms with Crippen LogP contribution in [0.2, 0.25) is 0 Å². The molecular formula is C42H59N3O4. The number of benzene rings is 1. The third-order valence-corrected chi connectivity index (χ3v) is 15.8. The van der Waals surface area contributed by atoms with Crippen molar-refractivity contribution in [3.63, 3.8) is 0 Å². The molecule has 0 aliphatic heterocycles. The lowest BCUT2D eigenvalue weighted by Gasteiger charge is -2.69. The summed E-state index contributed by atoms with van der Waals surface area (Å²) in [7, 11) is 0. The molecule has 7 nitrogen and oxygen atoms in total. The zero-order valence-corrected chi connectivity index (χ0v) is 30.4. The normalized spacial score (nSPS) is 39.1. The minimum absolute atomic E-state index is 0.0101. The van der Waals surface area contributed by atoms with Crippen LogP contribution in [0.3, 0.4) is 0 Å². The van der Waals surface area contributed by atoms with Crippen molar-refractivity contribution in [3.8, 4) is 0 Å². The molecule has 10 unspecified atom stereocenters. The summed E-state index contributed by atoms with van der Waals surface area (Å²) in [6.07, 6.45) is 16.4. The van der Waals surface area contributed by atoms with E-state index < -0.39 is 5.91 Å². The minimum Gasteiger partial charge on any atom is -0.393 e. The van der Waals surface area contributed by atoms with Crippen LogP contribution in [0.1, 0.15) is 137 Å². The number of hydrogen-bond acceptors (Lipinski definition) is 5. The van der Waals surface area contributed by atoms with Gasteiger partial charge in [0, 0.05) is 11.8 Å². The number of hydroxylamine groups is 1. The van der Waals surface area contributed by atoms with Crippen LogP contribution in [-0.2, 0) is 13.0 Å². The van der Waals surface area contributed by atoms with Gasteiger partial charge in [-0.2, -0.15) is 0 Å². The summed E-state index contributed by atoms with van der Waals surface area (Å²) in [6, 6.07) is 11.4. The molecule has 7 rings (SSSR count). The van der Waals surface area contributed by atoms with Gasteiger partial charge in [-0.05, 0) is 164 Å². The van der Waals surface area contributed by atoms with Gasteiger partial charge in [0.2, 0.25) is 0 Å². The lowest BCUT2D eigenvalue weighted by molar-refractivity contribution is -0.216. The molecular weight excluding hydrogens is 610 g/mol. The van der Waals surface area contributed by atoms with Gasteiger partial charge in [0.15, 0.2) is 0 Å². The van der Waals surface area contributed by atoms with E-state index in [1.807, 2.05) is 12.1 Å². The lowest BCUT2D eigenvalue weighted by Crippen LogP contribution is -2.63. The number of nitrogens with zero attached hydrogens (tertiary/aromatic N) is 1. The van der Waals surface area contributed by atoms with Gasteiger partial charge >= 0.3 is 0 Å². The highest BCUT2D eigenvalue weighted by atomic mass is 16.5. The number of carbonyl (C=O) groups is 2. The molecule has 10 atom stereocenters. The number of carbonyl (C=O) groups excluding carboxylic acids is 2. The Morgan fingerprint density at radius 1 is 0.857 bits per heavy atom. The van der Waals surface area contributed by atoms with Crippen LogP contribution in [0.4, 0.5) is 0 Å². The maximum atomic E-state index is 13.1. The summed E-state index contributed by atoms with van der Waals surface area (Å²) < 4.78 is 0. The SMILES string of the molecule is CC1CCC2(CCc3cccc(C(=O)NCc4ccc(C(=O)NO)cn4)c3)CCC3C(CCC4C3(C)CCC3C(C)(C)C(O)CCC34C)C12. The molecule has 1 aromatic heterocycles. The fourth-order valence-electron chi connectivity index (χ4n) is 13.5. The Labute approximate surface area is 293 Å². The summed E-state index contributed by atoms with van der Waals surface area (Å²) in [5.74, 6) is 3.87. The van der Waals surface area contributed by atoms with Crippen molar-refractivity contribution in [2.75, 3.05) is 0 Å². The number of fused-ring (bicyclic) bond motifs is 7. The summed E-state index contributed by atoms with van der Waals surface area (Å²) >= 11 is 0. The first-order chi connectivity index (χ1) is 23.3. The Balaban J connectivity index is 1.02. The molecule has 266 valence electrons. The first-order valence-corrected chi connectivity index (χ1v) is 19.3. The summed E-state index contributed by atoms with van der Waals surface area (Å²) in [5.41, 5.74) is 5.58. The molecule has 0 saturated heterocycles. The lowest BCUT2D eigenvalue weighted by atomic mass is 9.36. The predicted molar refractivity (Wildman–Crippen MR) is 191 cm³/mol. The number of pyridine rings is 1. The second-order valence-electron chi connectivity index (χ2n) is 18.2. The van der Waals surface area contributed by atoms with Gasteiger partial charge in [0.1, 0.15) is 0 Å². The standard InChI is InChI=1S/C42H59N3O4/c1-26-13-20-42(21-14-27-7-6-8-28(23-27)37(47)44-25-30-10-9-29(24-43-30)38(48)45-49)22-15-32-31(36(26)42)11-12-34-40(32,4)18-16-33-39(2,3)35(46)17-19-41(33,34)5/h6-10,23-24,26,31-36,46,49H,11-22,25H2,1-5H3,(H,44,47)(H,45,48). The van der Waals surface area contributed by atoms with Crippen LogP contribution in [0.25, 0.3) is 0 Å². The van der Waals surface area contributed by atoms with Crippen LogP contribution in [0.5, 0.6) is 0 Å². The third-order valence-electron chi connectivity index (χ3n) is 15.8. The van der Waals surface area contributed by atoms with Gasteiger partial charge in [-0.3, -0.25) is 19.8 Å². The van der Waals surface area contributed by atoms with Gasteiger partial charge in [0.25, 0.3) is 11.8 Å². The summed E-state index contributed by atoms with van der Waals surface area (Å²) in [4.78, 5) is 28.9. The molecule has 2 amide bonds. The number of nitrogens with one attached hydrogen (secondary N) is 2. The maximum Gasteiger partial charge on any atom is 0.276 e. The Morgan fingerprint density at radius 2 is 1.63 bits per heavy atom. The number of rotatable bonds is 7. The highest BCUT2D eigenvalue weighted by molar-refractivity contribution is 5.94. The van der Waals surface area contributed by atoms with E-state index in [9.17, 15) is 14.7 Å². The first kappa shape index (κ1) is 34.7. The van der Waals surface area contributed by atoms with Crippen LogP contribution < -0.4 is 10.8 Å². The summed E-state index contributed by atoms with van der Waals surface area (Å²) in [5, 5.41) is 22.8. The molecule has 5 saturated carbocycles. The van der Waals surface area contributed by atoms with Gasteiger partial charge in [-0.25, -0.2) is 5.48 Å². The quantitative estimate of drug-likeness (QED) is 0.176. The van der Waals surface area contributed by atoms with Crippen LogP contribution >= 0.6 is 0 Å². The van der Waals surface area contributed by atoms with E-state index in [2.05, 4.69) is 57.1 Å². The van der Waals surface area contributed by atoms with Crippen molar-refractivity contribution >= 4 is 11.8 Å². The number of hydrogen-bond donors (Lipinski definition) is 4. The fourth-order valence-corrected chi connectivity index (χ4v) is 13.5. The number of aliphatic hydroxyl groups excluding tert-OH is 1. The average molecular weight is 670 g/mol. The van der Waals surface area contributed by atoms with E-state index in [0.717, 1.165) is 42.4 Å². The second kappa shape index (κ2) is 12.8. The molecule has 49 heavy (non-hydrogen) atoms. The van der Waals surface area contributed by atoms with E-state index in [4.69, 9.17) is 5.21 Å². The van der Waals surface area contributed by atoms with Crippen LogP contribution in [0.15, 0.2) is 42.6 Å². The number of amides is 2. The Hall–Kier alpha value is -2.77. The van der Waals surface area contributed by atoms with E-state index in [1.165, 1.54) is 76.0 Å². The molecule has 1 aromatic carbocycles. The van der Waals surface area contributed by atoms with E-state index in [-0.39, 0.29) is 29.5 Å². The van der Waals surface area contributed by atoms with E-state index in [0.29, 0.717) is 33.4 Å². The zero-order chi connectivity index (χ0) is 34.8. The molecule has 1 heterocycles. The smallest absolute Gasteiger partial charge is 0.276 e. The number of aliphatic hydroxyl groups is 1. The minimum atomic E-state index is -0.616. The highest BCUT2D eigenvalue weighted by Crippen LogP contribution is 2.73. The summed E-state index contributed by atoms with van der Waals surface area (Å²) in [6.45, 7) is 12.9. The molecule has 5 aliphatic carbocycles. The second-order valence-corrected chi connectivity index (χ2v) is 18.2. The van der Waals surface area contributed by atoms with Gasteiger partial charge in [-0.15, -0.1) is 0 Å². The monoisotopic (exact) mass is 669 g/mol. The Morgan fingerprint density at radius 3 is 2.39 bits per heavy atom. The van der Waals surface area contributed by atoms with E-state index >= 15 is 0 Å². The molecule has 7 heteroatoms. The van der Waals surface area contributed by atoms with Crippen LogP contribution in [0, 0.1) is 57.2 Å². The van der Waals surface area contributed by atoms with Crippen molar-refractivity contribution in [2.45, 2.75) is 124 Å². The fraction of sp³-hybridized carbons (Fsp3) is 0.690.